The van der Waals surface area contributed by atoms with Crippen molar-refractivity contribution in [2.45, 2.75) is 50.9 Å². The Morgan fingerprint density at radius 3 is 2.22 bits per heavy atom. The van der Waals surface area contributed by atoms with E-state index in [1.165, 1.54) is 43.2 Å². The SMILES string of the molecule is CC(CC1CCC(c2ccc(C(=O)Oc3ccc(C#N)cc3)cc2)CC1)c1ccccc1. The van der Waals surface area contributed by atoms with Crippen LogP contribution in [0.2, 0.25) is 0 Å². The van der Waals surface area contributed by atoms with E-state index in [1.54, 1.807) is 24.3 Å². The fraction of sp³-hybridized carbons (Fsp3) is 0.310. The minimum atomic E-state index is -0.375. The Morgan fingerprint density at radius 1 is 0.938 bits per heavy atom. The lowest BCUT2D eigenvalue weighted by molar-refractivity contribution is 0.0734. The normalized spacial score (nSPS) is 19.0. The zero-order valence-electron chi connectivity index (χ0n) is 18.5. The third-order valence-electron chi connectivity index (χ3n) is 6.71. The first-order valence-electron chi connectivity index (χ1n) is 11.5. The largest absolute Gasteiger partial charge is 0.423 e. The van der Waals surface area contributed by atoms with Crippen LogP contribution in [0.4, 0.5) is 0 Å². The molecule has 3 aromatic rings. The number of nitriles is 1. The van der Waals surface area contributed by atoms with Gasteiger partial charge in [0.25, 0.3) is 0 Å². The number of benzene rings is 3. The fourth-order valence-corrected chi connectivity index (χ4v) is 4.80. The fourth-order valence-electron chi connectivity index (χ4n) is 4.80. The molecule has 3 aromatic carbocycles. The van der Waals surface area contributed by atoms with Gasteiger partial charge in [0.05, 0.1) is 17.2 Å². The smallest absolute Gasteiger partial charge is 0.343 e. The van der Waals surface area contributed by atoms with Crippen molar-refractivity contribution in [3.05, 3.63) is 101 Å². The van der Waals surface area contributed by atoms with Crippen LogP contribution in [-0.4, -0.2) is 5.97 Å². The Kier molecular flexibility index (Phi) is 7.02. The highest BCUT2D eigenvalue weighted by atomic mass is 16.5. The van der Waals surface area contributed by atoms with Crippen molar-refractivity contribution in [2.75, 3.05) is 0 Å². The summed E-state index contributed by atoms with van der Waals surface area (Å²) in [5.74, 6) is 2.05. The molecule has 32 heavy (non-hydrogen) atoms. The zero-order valence-corrected chi connectivity index (χ0v) is 18.5. The van der Waals surface area contributed by atoms with Gasteiger partial charge >= 0.3 is 5.97 Å². The molecule has 0 saturated heterocycles. The van der Waals surface area contributed by atoms with Gasteiger partial charge in [-0.25, -0.2) is 4.79 Å². The van der Waals surface area contributed by atoms with Crippen molar-refractivity contribution >= 4 is 5.97 Å². The summed E-state index contributed by atoms with van der Waals surface area (Å²) in [6.07, 6.45) is 6.22. The maximum atomic E-state index is 12.4. The lowest BCUT2D eigenvalue weighted by atomic mass is 9.75. The number of esters is 1. The molecule has 0 N–H and O–H groups in total. The molecule has 0 amide bonds. The van der Waals surface area contributed by atoms with Gasteiger partial charge < -0.3 is 4.74 Å². The van der Waals surface area contributed by atoms with Gasteiger partial charge in [0.1, 0.15) is 5.75 Å². The summed E-state index contributed by atoms with van der Waals surface area (Å²) >= 11 is 0. The molecule has 1 unspecified atom stereocenters. The number of carbonyl (C=O) groups excluding carboxylic acids is 1. The molecule has 0 bridgehead atoms. The van der Waals surface area contributed by atoms with Crippen molar-refractivity contribution in [3.8, 4) is 11.8 Å². The molecule has 0 radical (unpaired) electrons. The van der Waals surface area contributed by atoms with Crippen LogP contribution in [-0.2, 0) is 0 Å². The number of ether oxygens (including phenoxy) is 1. The summed E-state index contributed by atoms with van der Waals surface area (Å²) in [6.45, 7) is 2.34. The quantitative estimate of drug-likeness (QED) is 0.310. The summed E-state index contributed by atoms with van der Waals surface area (Å²) in [4.78, 5) is 12.4. The van der Waals surface area contributed by atoms with Gasteiger partial charge in [0, 0.05) is 0 Å². The van der Waals surface area contributed by atoms with Crippen LogP contribution < -0.4 is 4.74 Å². The van der Waals surface area contributed by atoms with E-state index in [2.05, 4.69) is 55.5 Å². The molecule has 4 rings (SSSR count). The van der Waals surface area contributed by atoms with Crippen LogP contribution in [0.25, 0.3) is 0 Å². The number of hydrogen-bond acceptors (Lipinski definition) is 3. The Labute approximate surface area is 190 Å². The molecule has 0 aliphatic heterocycles. The van der Waals surface area contributed by atoms with Crippen LogP contribution in [0.1, 0.15) is 77.9 Å². The van der Waals surface area contributed by atoms with Crippen LogP contribution in [0, 0.1) is 17.2 Å². The average Bonchev–Trinajstić information content (AvgIpc) is 2.85. The van der Waals surface area contributed by atoms with Crippen LogP contribution in [0.3, 0.4) is 0 Å². The van der Waals surface area contributed by atoms with Gasteiger partial charge in [-0.2, -0.15) is 5.26 Å². The summed E-state index contributed by atoms with van der Waals surface area (Å²) in [5.41, 5.74) is 3.84. The van der Waals surface area contributed by atoms with E-state index in [0.29, 0.717) is 28.7 Å². The Morgan fingerprint density at radius 2 is 1.59 bits per heavy atom. The van der Waals surface area contributed by atoms with E-state index in [4.69, 9.17) is 10.00 Å². The van der Waals surface area contributed by atoms with E-state index < -0.39 is 0 Å². The topological polar surface area (TPSA) is 50.1 Å². The molecule has 0 aromatic heterocycles. The van der Waals surface area contributed by atoms with E-state index in [-0.39, 0.29) is 5.97 Å². The van der Waals surface area contributed by atoms with Gasteiger partial charge in [-0.15, -0.1) is 0 Å². The van der Waals surface area contributed by atoms with Gasteiger partial charge in [0.2, 0.25) is 0 Å². The second-order valence-electron chi connectivity index (χ2n) is 8.91. The third-order valence-corrected chi connectivity index (χ3v) is 6.71. The van der Waals surface area contributed by atoms with Crippen molar-refractivity contribution in [1.29, 1.82) is 5.26 Å². The molecular formula is C29H29NO2. The van der Waals surface area contributed by atoms with Gasteiger partial charge in [0.15, 0.2) is 0 Å². The lowest BCUT2D eigenvalue weighted by Gasteiger charge is -2.30. The summed E-state index contributed by atoms with van der Waals surface area (Å²) in [6, 6.07) is 27.3. The molecular weight excluding hydrogens is 394 g/mol. The van der Waals surface area contributed by atoms with Crippen molar-refractivity contribution in [1.82, 2.24) is 0 Å². The first-order valence-corrected chi connectivity index (χ1v) is 11.5. The third kappa shape index (κ3) is 5.45. The highest BCUT2D eigenvalue weighted by molar-refractivity contribution is 5.91. The maximum Gasteiger partial charge on any atom is 0.343 e. The van der Waals surface area contributed by atoms with Crippen LogP contribution in [0.15, 0.2) is 78.9 Å². The molecule has 1 aliphatic rings. The minimum Gasteiger partial charge on any atom is -0.423 e. The molecule has 0 heterocycles. The summed E-state index contributed by atoms with van der Waals surface area (Å²) in [5, 5.41) is 8.86. The Hall–Kier alpha value is -3.38. The predicted molar refractivity (Wildman–Crippen MR) is 127 cm³/mol. The molecule has 1 saturated carbocycles. The van der Waals surface area contributed by atoms with E-state index >= 15 is 0 Å². The highest BCUT2D eigenvalue weighted by Gasteiger charge is 2.24. The number of rotatable bonds is 6. The van der Waals surface area contributed by atoms with Crippen LogP contribution in [0.5, 0.6) is 5.75 Å². The van der Waals surface area contributed by atoms with E-state index in [9.17, 15) is 4.79 Å². The first-order chi connectivity index (χ1) is 15.6. The van der Waals surface area contributed by atoms with Crippen molar-refractivity contribution in [2.24, 2.45) is 5.92 Å². The number of nitrogens with zero attached hydrogens (tertiary/aromatic N) is 1. The molecule has 1 fully saturated rings. The molecule has 162 valence electrons. The van der Waals surface area contributed by atoms with Crippen molar-refractivity contribution < 1.29 is 9.53 Å². The Balaban J connectivity index is 1.29. The van der Waals surface area contributed by atoms with Gasteiger partial charge in [-0.1, -0.05) is 49.4 Å². The number of carbonyl (C=O) groups is 1. The second kappa shape index (κ2) is 10.3. The maximum absolute atomic E-state index is 12.4. The van der Waals surface area contributed by atoms with Crippen LogP contribution >= 0.6 is 0 Å². The lowest BCUT2D eigenvalue weighted by Crippen LogP contribution is -2.15. The van der Waals surface area contributed by atoms with E-state index in [1.807, 2.05) is 12.1 Å². The Bertz CT molecular complexity index is 1060. The second-order valence-corrected chi connectivity index (χ2v) is 8.91. The molecule has 3 heteroatoms. The predicted octanol–water partition coefficient (Wildman–Crippen LogP) is 7.25. The molecule has 1 atom stereocenters. The first kappa shape index (κ1) is 21.8. The van der Waals surface area contributed by atoms with E-state index in [0.717, 1.165) is 5.92 Å². The average molecular weight is 424 g/mol. The van der Waals surface area contributed by atoms with Gasteiger partial charge in [-0.3, -0.25) is 0 Å². The van der Waals surface area contributed by atoms with Gasteiger partial charge in [-0.05, 0) is 97.4 Å². The van der Waals surface area contributed by atoms with Crippen molar-refractivity contribution in [3.63, 3.8) is 0 Å². The minimum absolute atomic E-state index is 0.375. The molecule has 0 spiro atoms. The molecule has 3 nitrogen and oxygen atoms in total. The monoisotopic (exact) mass is 423 g/mol. The summed E-state index contributed by atoms with van der Waals surface area (Å²) < 4.78 is 5.42. The molecule has 1 aliphatic carbocycles. The summed E-state index contributed by atoms with van der Waals surface area (Å²) in [7, 11) is 0. The highest BCUT2D eigenvalue weighted by Crippen LogP contribution is 2.39. The number of hydrogen-bond donors (Lipinski definition) is 0. The standard InChI is InChI=1S/C29H29NO2/c1-21(24-5-3-2-4-6-24)19-22-7-11-25(12-8-22)26-13-15-27(16-14-26)29(31)32-28-17-9-23(20-30)10-18-28/h2-6,9-10,13-18,21-22,25H,7-8,11-12,19H2,1H3. The zero-order chi connectivity index (χ0) is 22.3.